The first kappa shape index (κ1) is 15.7. The van der Waals surface area contributed by atoms with Gasteiger partial charge >= 0.3 is 5.69 Å². The number of rotatable bonds is 2. The summed E-state index contributed by atoms with van der Waals surface area (Å²) in [6.07, 6.45) is 1.89. The third kappa shape index (κ3) is 2.23. The van der Waals surface area contributed by atoms with Gasteiger partial charge in [0.2, 0.25) is 11.1 Å². The summed E-state index contributed by atoms with van der Waals surface area (Å²) in [7, 11) is 3.12. The second kappa shape index (κ2) is 5.62. The Morgan fingerprint density at radius 1 is 1.12 bits per heavy atom. The molecule has 3 heterocycles. The molecule has 0 fully saturated rings. The predicted molar refractivity (Wildman–Crippen MR) is 95.7 cm³/mol. The first-order valence-electron chi connectivity index (χ1n) is 7.65. The minimum atomic E-state index is -0.452. The van der Waals surface area contributed by atoms with Crippen LogP contribution in [0.2, 0.25) is 0 Å². The molecular formula is C16H16N6O2S. The molecule has 8 nitrogen and oxygen atoms in total. The topological polar surface area (TPSA) is 86.7 Å². The second-order valence-electron chi connectivity index (χ2n) is 5.77. The summed E-state index contributed by atoms with van der Waals surface area (Å²) in [4.78, 5) is 29.7. The molecule has 9 heteroatoms. The molecule has 1 aromatic carbocycles. The Labute approximate surface area is 147 Å². The van der Waals surface area contributed by atoms with Crippen molar-refractivity contribution in [2.45, 2.75) is 11.2 Å². The Hall–Kier alpha value is -2.81. The molecule has 0 saturated carbocycles. The number of anilines is 2. The van der Waals surface area contributed by atoms with Crippen LogP contribution in [0.25, 0.3) is 0 Å². The van der Waals surface area contributed by atoms with Crippen LogP contribution in [0.15, 0.2) is 45.1 Å². The molecule has 1 atom stereocenters. The monoisotopic (exact) mass is 356 g/mol. The molecule has 0 saturated heterocycles. The van der Waals surface area contributed by atoms with Gasteiger partial charge in [-0.15, -0.1) is 5.10 Å². The summed E-state index contributed by atoms with van der Waals surface area (Å²) in [5.41, 5.74) is 0.646. The summed E-state index contributed by atoms with van der Waals surface area (Å²) < 4.78 is 4.26. The third-order valence-electron chi connectivity index (χ3n) is 4.36. The van der Waals surface area contributed by atoms with E-state index in [0.717, 1.165) is 10.1 Å². The van der Waals surface area contributed by atoms with Gasteiger partial charge in [0.25, 0.3) is 5.56 Å². The molecule has 2 aromatic heterocycles. The maximum absolute atomic E-state index is 12.9. The number of hydrogen-bond donors (Lipinski definition) is 1. The maximum Gasteiger partial charge on any atom is 0.332 e. The predicted octanol–water partition coefficient (Wildman–Crippen LogP) is 1.09. The van der Waals surface area contributed by atoms with E-state index in [1.807, 2.05) is 36.6 Å². The van der Waals surface area contributed by atoms with Gasteiger partial charge in [-0.1, -0.05) is 42.1 Å². The Morgan fingerprint density at radius 2 is 1.84 bits per heavy atom. The van der Waals surface area contributed by atoms with Gasteiger partial charge in [-0.2, -0.15) is 4.98 Å². The van der Waals surface area contributed by atoms with Gasteiger partial charge in [0, 0.05) is 14.1 Å². The highest BCUT2D eigenvalue weighted by atomic mass is 32.2. The van der Waals surface area contributed by atoms with Crippen molar-refractivity contribution >= 4 is 23.5 Å². The van der Waals surface area contributed by atoms with E-state index in [4.69, 9.17) is 0 Å². The minimum absolute atomic E-state index is 0.341. The highest BCUT2D eigenvalue weighted by molar-refractivity contribution is 7.98. The van der Waals surface area contributed by atoms with E-state index in [1.54, 1.807) is 11.7 Å². The molecule has 1 unspecified atom stereocenters. The number of nitrogens with zero attached hydrogens (tertiary/aromatic N) is 5. The zero-order chi connectivity index (χ0) is 17.7. The van der Waals surface area contributed by atoms with Crippen molar-refractivity contribution in [1.29, 1.82) is 0 Å². The first-order valence-corrected chi connectivity index (χ1v) is 8.87. The summed E-state index contributed by atoms with van der Waals surface area (Å²) in [5, 5.41) is 8.21. The van der Waals surface area contributed by atoms with Crippen molar-refractivity contribution in [2.75, 3.05) is 11.6 Å². The zero-order valence-electron chi connectivity index (χ0n) is 13.9. The third-order valence-corrected chi connectivity index (χ3v) is 4.90. The highest BCUT2D eigenvalue weighted by Crippen LogP contribution is 2.36. The summed E-state index contributed by atoms with van der Waals surface area (Å²) in [6, 6.07) is 9.17. The molecule has 0 amide bonds. The van der Waals surface area contributed by atoms with Crippen molar-refractivity contribution in [2.24, 2.45) is 14.1 Å². The maximum atomic E-state index is 12.9. The molecule has 0 spiro atoms. The van der Waals surface area contributed by atoms with Crippen LogP contribution in [0.4, 0.5) is 11.8 Å². The lowest BCUT2D eigenvalue weighted by Crippen LogP contribution is -2.43. The minimum Gasteiger partial charge on any atom is -0.310 e. The van der Waals surface area contributed by atoms with Gasteiger partial charge in [-0.05, 0) is 11.8 Å². The molecular weight excluding hydrogens is 340 g/mol. The fourth-order valence-corrected chi connectivity index (χ4v) is 3.44. The number of hydrogen-bond acceptors (Lipinski definition) is 6. The lowest BCUT2D eigenvalue weighted by molar-refractivity contribution is 0.550. The number of benzene rings is 1. The Kier molecular flexibility index (Phi) is 3.53. The van der Waals surface area contributed by atoms with Crippen molar-refractivity contribution < 1.29 is 0 Å². The van der Waals surface area contributed by atoms with Crippen LogP contribution >= 0.6 is 11.8 Å². The van der Waals surface area contributed by atoms with Crippen molar-refractivity contribution in [3.63, 3.8) is 0 Å². The largest absolute Gasteiger partial charge is 0.332 e. The van der Waals surface area contributed by atoms with Crippen LogP contribution < -0.4 is 16.6 Å². The summed E-state index contributed by atoms with van der Waals surface area (Å²) >= 11 is 1.42. The van der Waals surface area contributed by atoms with Crippen LogP contribution in [0.1, 0.15) is 17.2 Å². The van der Waals surface area contributed by atoms with Crippen LogP contribution in [-0.4, -0.2) is 30.2 Å². The Balaban J connectivity index is 2.09. The van der Waals surface area contributed by atoms with Crippen molar-refractivity contribution in [3.8, 4) is 0 Å². The van der Waals surface area contributed by atoms with Gasteiger partial charge in [-0.25, -0.2) is 9.48 Å². The first-order chi connectivity index (χ1) is 12.0. The smallest absolute Gasteiger partial charge is 0.310 e. The van der Waals surface area contributed by atoms with Crippen molar-refractivity contribution in [1.82, 2.24) is 23.9 Å². The van der Waals surface area contributed by atoms with E-state index >= 15 is 0 Å². The number of thioether (sulfide) groups is 1. The number of aromatic nitrogens is 5. The molecule has 3 aromatic rings. The molecule has 0 aliphatic carbocycles. The van der Waals surface area contributed by atoms with Crippen molar-refractivity contribution in [3.05, 3.63) is 62.3 Å². The molecule has 25 heavy (non-hydrogen) atoms. The zero-order valence-corrected chi connectivity index (χ0v) is 14.7. The van der Waals surface area contributed by atoms with Crippen LogP contribution in [-0.2, 0) is 14.1 Å². The standard InChI is InChI=1S/C16H16N6O2S/c1-20-12-10(13(23)21(2)16(20)24)11(9-7-5-4-6-8-9)22-14(17-12)18-15(19-22)25-3/h4-8,11H,1-3H3,(H,17,18,19). The SMILES string of the molecule is CSc1nc2n(n1)C(c1ccccc1)c1c(n(C)c(=O)n(C)c1=O)N2. The van der Waals surface area contributed by atoms with E-state index < -0.39 is 6.04 Å². The van der Waals surface area contributed by atoms with Gasteiger partial charge in [0.15, 0.2) is 0 Å². The van der Waals surface area contributed by atoms with Crippen LogP contribution in [0.3, 0.4) is 0 Å². The lowest BCUT2D eigenvalue weighted by Gasteiger charge is -2.28. The summed E-state index contributed by atoms with van der Waals surface area (Å²) in [5.74, 6) is 0.962. The number of nitrogens with one attached hydrogen (secondary N) is 1. The van der Waals surface area contributed by atoms with Gasteiger partial charge in [0.1, 0.15) is 11.9 Å². The van der Waals surface area contributed by atoms with E-state index in [1.165, 1.54) is 23.4 Å². The summed E-state index contributed by atoms with van der Waals surface area (Å²) in [6.45, 7) is 0. The van der Waals surface area contributed by atoms with E-state index in [9.17, 15) is 9.59 Å². The second-order valence-corrected chi connectivity index (χ2v) is 6.55. The molecule has 1 N–H and O–H groups in total. The average Bonchev–Trinajstić information content (AvgIpc) is 3.06. The molecule has 1 aliphatic heterocycles. The van der Waals surface area contributed by atoms with Crippen LogP contribution in [0, 0.1) is 0 Å². The van der Waals surface area contributed by atoms with Gasteiger partial charge in [-0.3, -0.25) is 13.9 Å². The normalized spacial score (nSPS) is 15.4. The molecule has 0 radical (unpaired) electrons. The highest BCUT2D eigenvalue weighted by Gasteiger charge is 2.34. The quantitative estimate of drug-likeness (QED) is 0.541. The van der Waals surface area contributed by atoms with E-state index in [2.05, 4.69) is 15.4 Å². The van der Waals surface area contributed by atoms with Gasteiger partial charge < -0.3 is 5.32 Å². The van der Waals surface area contributed by atoms with E-state index in [-0.39, 0.29) is 11.2 Å². The lowest BCUT2D eigenvalue weighted by atomic mass is 9.99. The fourth-order valence-electron chi connectivity index (χ4n) is 3.09. The Morgan fingerprint density at radius 3 is 2.52 bits per heavy atom. The van der Waals surface area contributed by atoms with E-state index in [0.29, 0.717) is 22.5 Å². The van der Waals surface area contributed by atoms with Crippen LogP contribution in [0.5, 0.6) is 0 Å². The molecule has 4 rings (SSSR count). The molecule has 0 bridgehead atoms. The Bertz CT molecular complexity index is 1080. The van der Waals surface area contributed by atoms with Gasteiger partial charge in [0.05, 0.1) is 5.56 Å². The fraction of sp³-hybridized carbons (Fsp3) is 0.250. The molecule has 1 aliphatic rings. The molecule has 128 valence electrons. The average molecular weight is 356 g/mol. The number of fused-ring (bicyclic) bond motifs is 2.